The van der Waals surface area contributed by atoms with Crippen molar-refractivity contribution in [3.8, 4) is 5.75 Å². The number of aliphatic carboxylic acids is 1. The van der Waals surface area contributed by atoms with Crippen molar-refractivity contribution in [2.75, 3.05) is 6.61 Å². The van der Waals surface area contributed by atoms with Gasteiger partial charge in [0.1, 0.15) is 5.75 Å². The number of carboxylic acids is 1. The Kier molecular flexibility index (Phi) is 5.23. The van der Waals surface area contributed by atoms with Crippen molar-refractivity contribution in [3.63, 3.8) is 0 Å². The summed E-state index contributed by atoms with van der Waals surface area (Å²) in [5.74, 6) is -0.688. The number of hydrogen-bond donors (Lipinski definition) is 1. The summed E-state index contributed by atoms with van der Waals surface area (Å²) in [5.41, 5.74) is 1.85. The highest BCUT2D eigenvalue weighted by Crippen LogP contribution is 2.23. The third-order valence-electron chi connectivity index (χ3n) is 3.24. The third-order valence-corrected chi connectivity index (χ3v) is 3.49. The van der Waals surface area contributed by atoms with Gasteiger partial charge >= 0.3 is 5.97 Å². The number of benzene rings is 2. The number of aryl methyl sites for hydroxylation is 1. The first kappa shape index (κ1) is 15.4. The van der Waals surface area contributed by atoms with Gasteiger partial charge in [0.15, 0.2) is 0 Å². The topological polar surface area (TPSA) is 46.5 Å². The average Bonchev–Trinajstić information content (AvgIpc) is 2.45. The molecule has 3 nitrogen and oxygen atoms in total. The number of hydrogen-bond acceptors (Lipinski definition) is 2. The monoisotopic (exact) mass is 304 g/mol. The highest BCUT2D eigenvalue weighted by atomic mass is 35.5. The molecule has 2 aromatic rings. The SMILES string of the molecule is Cc1cccc(OCCC(C(=O)O)c2ccc(Cl)cc2)c1. The Bertz CT molecular complexity index is 608. The van der Waals surface area contributed by atoms with Gasteiger partial charge in [-0.2, -0.15) is 0 Å². The minimum Gasteiger partial charge on any atom is -0.494 e. The quantitative estimate of drug-likeness (QED) is 0.866. The zero-order chi connectivity index (χ0) is 15.2. The summed E-state index contributed by atoms with van der Waals surface area (Å²) >= 11 is 5.82. The molecule has 0 aliphatic rings. The van der Waals surface area contributed by atoms with E-state index in [1.165, 1.54) is 0 Å². The molecule has 1 atom stereocenters. The number of carboxylic acid groups (broad SMARTS) is 1. The van der Waals surface area contributed by atoms with Crippen LogP contribution in [0.25, 0.3) is 0 Å². The number of ether oxygens (including phenoxy) is 1. The Balaban J connectivity index is 1.98. The van der Waals surface area contributed by atoms with E-state index in [2.05, 4.69) is 0 Å². The summed E-state index contributed by atoms with van der Waals surface area (Å²) < 4.78 is 5.62. The van der Waals surface area contributed by atoms with Crippen molar-refractivity contribution < 1.29 is 14.6 Å². The summed E-state index contributed by atoms with van der Waals surface area (Å²) in [5, 5.41) is 9.94. The van der Waals surface area contributed by atoms with Crippen LogP contribution in [0.3, 0.4) is 0 Å². The van der Waals surface area contributed by atoms with E-state index in [9.17, 15) is 9.90 Å². The van der Waals surface area contributed by atoms with Gasteiger partial charge in [0.05, 0.1) is 12.5 Å². The van der Waals surface area contributed by atoms with Crippen molar-refractivity contribution in [3.05, 3.63) is 64.7 Å². The minimum atomic E-state index is -0.856. The second-order valence-electron chi connectivity index (χ2n) is 4.90. The van der Waals surface area contributed by atoms with Crippen LogP contribution in [0.15, 0.2) is 48.5 Å². The highest BCUT2D eigenvalue weighted by molar-refractivity contribution is 6.30. The van der Waals surface area contributed by atoms with E-state index in [-0.39, 0.29) is 0 Å². The van der Waals surface area contributed by atoms with Gasteiger partial charge in [-0.25, -0.2) is 0 Å². The maximum Gasteiger partial charge on any atom is 0.311 e. The molecule has 0 saturated carbocycles. The van der Waals surface area contributed by atoms with E-state index in [0.29, 0.717) is 18.1 Å². The molecule has 0 aliphatic carbocycles. The Morgan fingerprint density at radius 2 is 1.95 bits per heavy atom. The van der Waals surface area contributed by atoms with Crippen molar-refractivity contribution >= 4 is 17.6 Å². The fraction of sp³-hybridized carbons (Fsp3) is 0.235. The number of halogens is 1. The second kappa shape index (κ2) is 7.14. The van der Waals surface area contributed by atoms with Crippen LogP contribution < -0.4 is 4.74 Å². The van der Waals surface area contributed by atoms with Gasteiger partial charge in [-0.1, -0.05) is 35.9 Å². The fourth-order valence-electron chi connectivity index (χ4n) is 2.13. The first-order valence-corrected chi connectivity index (χ1v) is 7.12. The van der Waals surface area contributed by atoms with E-state index >= 15 is 0 Å². The molecule has 0 bridgehead atoms. The summed E-state index contributed by atoms with van der Waals surface area (Å²) in [4.78, 5) is 11.4. The molecular weight excluding hydrogens is 288 g/mol. The zero-order valence-electron chi connectivity index (χ0n) is 11.8. The Morgan fingerprint density at radius 1 is 1.24 bits per heavy atom. The Labute approximate surface area is 129 Å². The van der Waals surface area contributed by atoms with E-state index in [4.69, 9.17) is 16.3 Å². The molecule has 0 heterocycles. The lowest BCUT2D eigenvalue weighted by atomic mass is 9.96. The maximum absolute atomic E-state index is 11.4. The highest BCUT2D eigenvalue weighted by Gasteiger charge is 2.19. The molecule has 0 aliphatic heterocycles. The minimum absolute atomic E-state index is 0.350. The van der Waals surface area contributed by atoms with Gasteiger partial charge in [0.25, 0.3) is 0 Å². The Morgan fingerprint density at radius 3 is 2.57 bits per heavy atom. The predicted molar refractivity (Wildman–Crippen MR) is 83.1 cm³/mol. The van der Waals surface area contributed by atoms with Crippen LogP contribution in [-0.2, 0) is 4.79 Å². The van der Waals surface area contributed by atoms with Crippen LogP contribution in [0.2, 0.25) is 5.02 Å². The Hall–Kier alpha value is -2.00. The van der Waals surface area contributed by atoms with Crippen LogP contribution in [0, 0.1) is 6.92 Å². The lowest BCUT2D eigenvalue weighted by molar-refractivity contribution is -0.139. The molecule has 4 heteroatoms. The number of rotatable bonds is 6. The van der Waals surface area contributed by atoms with E-state index < -0.39 is 11.9 Å². The van der Waals surface area contributed by atoms with E-state index in [1.54, 1.807) is 24.3 Å². The van der Waals surface area contributed by atoms with Crippen LogP contribution in [0.5, 0.6) is 5.75 Å². The third kappa shape index (κ3) is 4.50. The molecule has 110 valence electrons. The second-order valence-corrected chi connectivity index (χ2v) is 5.33. The lowest BCUT2D eigenvalue weighted by Gasteiger charge is -2.14. The average molecular weight is 305 g/mol. The van der Waals surface area contributed by atoms with Gasteiger partial charge < -0.3 is 9.84 Å². The van der Waals surface area contributed by atoms with Crippen molar-refractivity contribution in [2.45, 2.75) is 19.3 Å². The molecular formula is C17H17ClO3. The standard InChI is InChI=1S/C17H17ClO3/c1-12-3-2-4-15(11-12)21-10-9-16(17(19)20)13-5-7-14(18)8-6-13/h2-8,11,16H,9-10H2,1H3,(H,19,20). The first-order valence-electron chi connectivity index (χ1n) is 6.74. The van der Waals surface area contributed by atoms with Crippen LogP contribution in [0.1, 0.15) is 23.5 Å². The fourth-order valence-corrected chi connectivity index (χ4v) is 2.25. The predicted octanol–water partition coefficient (Wildman–Crippen LogP) is 4.29. The summed E-state index contributed by atoms with van der Waals surface area (Å²) in [7, 11) is 0. The van der Waals surface area contributed by atoms with Crippen LogP contribution in [-0.4, -0.2) is 17.7 Å². The first-order chi connectivity index (χ1) is 10.1. The largest absolute Gasteiger partial charge is 0.494 e. The molecule has 0 fully saturated rings. The van der Waals surface area contributed by atoms with Gasteiger partial charge in [0, 0.05) is 5.02 Å². The number of carbonyl (C=O) groups is 1. The summed E-state index contributed by atoms with van der Waals surface area (Å²) in [6.07, 6.45) is 0.408. The van der Waals surface area contributed by atoms with Crippen molar-refractivity contribution in [2.24, 2.45) is 0 Å². The van der Waals surface area contributed by atoms with Crippen LogP contribution in [0.4, 0.5) is 0 Å². The lowest BCUT2D eigenvalue weighted by Crippen LogP contribution is -2.15. The smallest absolute Gasteiger partial charge is 0.311 e. The molecule has 1 unspecified atom stereocenters. The van der Waals surface area contributed by atoms with Gasteiger partial charge in [0.2, 0.25) is 0 Å². The molecule has 0 radical (unpaired) electrons. The van der Waals surface area contributed by atoms with Gasteiger partial charge in [-0.15, -0.1) is 0 Å². The van der Waals surface area contributed by atoms with Crippen LogP contribution >= 0.6 is 11.6 Å². The van der Waals surface area contributed by atoms with E-state index in [1.807, 2.05) is 31.2 Å². The van der Waals surface area contributed by atoms with E-state index in [0.717, 1.165) is 16.9 Å². The molecule has 0 saturated heterocycles. The zero-order valence-corrected chi connectivity index (χ0v) is 12.5. The molecule has 2 rings (SSSR count). The molecule has 0 aromatic heterocycles. The summed E-state index contributed by atoms with van der Waals surface area (Å²) in [6, 6.07) is 14.6. The molecule has 21 heavy (non-hydrogen) atoms. The maximum atomic E-state index is 11.4. The molecule has 1 N–H and O–H groups in total. The van der Waals surface area contributed by atoms with Gasteiger partial charge in [-0.05, 0) is 48.7 Å². The normalized spacial score (nSPS) is 11.9. The molecule has 2 aromatic carbocycles. The van der Waals surface area contributed by atoms with Crippen molar-refractivity contribution in [1.82, 2.24) is 0 Å². The molecule has 0 spiro atoms. The molecule has 0 amide bonds. The van der Waals surface area contributed by atoms with Gasteiger partial charge in [-0.3, -0.25) is 4.79 Å². The van der Waals surface area contributed by atoms with Crippen molar-refractivity contribution in [1.29, 1.82) is 0 Å². The summed E-state index contributed by atoms with van der Waals surface area (Å²) in [6.45, 7) is 2.34.